The topological polar surface area (TPSA) is 142 Å². The first kappa shape index (κ1) is 75.6. The van der Waals surface area contributed by atoms with Crippen molar-refractivity contribution in [1.82, 2.24) is 49.8 Å². The first-order chi connectivity index (χ1) is 58.9. The molecule has 0 unspecified atom stereocenters. The van der Waals surface area contributed by atoms with Crippen molar-refractivity contribution in [2.24, 2.45) is 0 Å². The van der Waals surface area contributed by atoms with E-state index in [0.717, 1.165) is 168 Å². The number of hydrogen-bond donors (Lipinski definition) is 0. The molecule has 0 bridgehead atoms. The fourth-order valence-electron chi connectivity index (χ4n) is 15.4. The van der Waals surface area contributed by atoms with Crippen molar-refractivity contribution >= 4 is 229 Å². The fraction of sp³-hybridized carbons (Fsp3) is 0. The van der Waals surface area contributed by atoms with E-state index in [4.69, 9.17) is 62.4 Å². The third-order valence-corrected chi connectivity index (χ3v) is 25.2. The Morgan fingerprint density at radius 1 is 0.217 bits per heavy atom. The van der Waals surface area contributed by atoms with Gasteiger partial charge in [-0.3, -0.25) is 0 Å². The molecule has 0 amide bonds. The molecule has 0 atom stereocenters. The monoisotopic (exact) mass is 1700 g/mol. The Morgan fingerprint density at radius 2 is 0.567 bits per heavy atom. The number of aromatic nitrogens is 10. The van der Waals surface area contributed by atoms with Gasteiger partial charge < -0.3 is 4.42 Å². The number of thiophene rings is 3. The number of fused-ring (bicyclic) bond motifs is 19. The highest BCUT2D eigenvalue weighted by molar-refractivity contribution is 7.27. The van der Waals surface area contributed by atoms with Crippen molar-refractivity contribution in [2.75, 3.05) is 0 Å². The maximum Gasteiger partial charge on any atom is 0.223 e. The molecule has 11 nitrogen and oxygen atoms in total. The van der Waals surface area contributed by atoms with Gasteiger partial charge in [-0.05, 0) is 176 Å². The molecule has 0 fully saturated rings. The smallest absolute Gasteiger partial charge is 0.223 e. The summed E-state index contributed by atoms with van der Waals surface area (Å²) in [5, 5.41) is 15.4. The lowest BCUT2D eigenvalue weighted by molar-refractivity contribution is 0.628. The molecule has 0 N–H and O–H groups in total. The summed E-state index contributed by atoms with van der Waals surface area (Å²) in [6.07, 6.45) is 0. The molecule has 572 valence electrons. The quantitative estimate of drug-likeness (QED) is 0.116. The average Bonchev–Trinajstić information content (AvgIpc) is 1.50. The van der Waals surface area contributed by atoms with Gasteiger partial charge in [-0.15, -0.1) is 34.0 Å². The maximum absolute atomic E-state index is 13.1. The van der Waals surface area contributed by atoms with Crippen LogP contribution in [0, 0.1) is 5.82 Å². The Labute approximate surface area is 720 Å². The Balaban J connectivity index is 0.0000000963. The molecule has 0 spiro atoms. The van der Waals surface area contributed by atoms with E-state index in [1.165, 1.54) is 42.6 Å². The number of halogens is 6. The van der Waals surface area contributed by atoms with Crippen LogP contribution in [0.25, 0.3) is 204 Å². The molecule has 9 aromatic heterocycles. The summed E-state index contributed by atoms with van der Waals surface area (Å²) in [5.41, 5.74) is 17.8. The van der Waals surface area contributed by atoms with Gasteiger partial charge in [0.2, 0.25) is 26.4 Å². The van der Waals surface area contributed by atoms with Gasteiger partial charge in [0.15, 0.2) is 0 Å². The molecule has 24 rings (SSSR count). The van der Waals surface area contributed by atoms with E-state index in [1.54, 1.807) is 46.1 Å². The highest BCUT2D eigenvalue weighted by Gasteiger charge is 2.22. The highest BCUT2D eigenvalue weighted by atomic mass is 35.5. The maximum atomic E-state index is 13.1. The van der Waals surface area contributed by atoms with E-state index in [9.17, 15) is 4.39 Å². The molecule has 15 aromatic carbocycles. The minimum absolute atomic E-state index is 0.183. The van der Waals surface area contributed by atoms with Crippen molar-refractivity contribution in [1.29, 1.82) is 0 Å². The fourth-order valence-corrected chi connectivity index (χ4v) is 19.7. The van der Waals surface area contributed by atoms with Gasteiger partial charge in [-0.2, -0.15) is 0 Å². The SMILES string of the molecule is Clc1nc(-c2ccc3oc4ccccc4c3c2)c2ccc3ccccc3c2n1.Clc1nc(-c2cccc(-c3ccccc3)c2)c2sc3ccccc3c2n1.Clc1nc(-c2cccc3ccccc23)c2sc3ccccc3c2n1.Clc1nc(-c2ccccc2)c2sc3ccccc3c2n1.Fc1ccc(-c2nc(Cl)nc3c2ccc2ccccc23)cc1. The van der Waals surface area contributed by atoms with E-state index < -0.39 is 0 Å². The largest absolute Gasteiger partial charge is 0.456 e. The van der Waals surface area contributed by atoms with E-state index in [1.807, 2.05) is 170 Å². The molecule has 0 aliphatic carbocycles. The van der Waals surface area contributed by atoms with E-state index in [0.29, 0.717) is 11.0 Å². The molecule has 0 saturated heterocycles. The normalized spacial score (nSPS) is 11.4. The van der Waals surface area contributed by atoms with Crippen molar-refractivity contribution in [3.05, 3.63) is 372 Å². The van der Waals surface area contributed by atoms with Crippen LogP contribution in [-0.4, -0.2) is 49.8 Å². The summed E-state index contributed by atoms with van der Waals surface area (Å²) < 4.78 is 25.9. The van der Waals surface area contributed by atoms with Crippen molar-refractivity contribution in [2.45, 2.75) is 0 Å². The van der Waals surface area contributed by atoms with E-state index in [-0.39, 0.29) is 27.0 Å². The van der Waals surface area contributed by atoms with Crippen molar-refractivity contribution in [3.8, 4) is 67.4 Å². The first-order valence-electron chi connectivity index (χ1n) is 38.0. The molecule has 0 aliphatic heterocycles. The highest BCUT2D eigenvalue weighted by Crippen LogP contribution is 2.45. The van der Waals surface area contributed by atoms with Crippen LogP contribution in [0.1, 0.15) is 0 Å². The van der Waals surface area contributed by atoms with Gasteiger partial charge in [0.05, 0.1) is 70.2 Å². The van der Waals surface area contributed by atoms with Crippen LogP contribution >= 0.6 is 92.0 Å². The van der Waals surface area contributed by atoms with Crippen LogP contribution < -0.4 is 0 Å². The molecule has 20 heteroatoms. The third kappa shape index (κ3) is 14.8. The minimum Gasteiger partial charge on any atom is -0.456 e. The number of nitrogens with zero attached hydrogens (tertiary/aromatic N) is 10. The molecular formula is C100H56Cl5FN10OS3. The van der Waals surface area contributed by atoms with Gasteiger partial charge in [-0.25, -0.2) is 54.2 Å². The molecule has 0 saturated carbocycles. The van der Waals surface area contributed by atoms with Crippen LogP contribution in [0.5, 0.6) is 0 Å². The number of rotatable bonds is 6. The van der Waals surface area contributed by atoms with Crippen LogP contribution in [0.3, 0.4) is 0 Å². The molecular weight excluding hydrogens is 1650 g/mol. The van der Waals surface area contributed by atoms with E-state index >= 15 is 0 Å². The van der Waals surface area contributed by atoms with Gasteiger partial charge in [0, 0.05) is 90.4 Å². The summed E-state index contributed by atoms with van der Waals surface area (Å²) in [5.74, 6) is -0.279. The molecule has 120 heavy (non-hydrogen) atoms. The second-order valence-electron chi connectivity index (χ2n) is 28.1. The zero-order valence-corrected chi connectivity index (χ0v) is 68.9. The van der Waals surface area contributed by atoms with Crippen LogP contribution in [0.2, 0.25) is 26.4 Å². The zero-order chi connectivity index (χ0) is 80.9. The number of para-hydroxylation sites is 1. The molecule has 9 heterocycles. The van der Waals surface area contributed by atoms with Crippen molar-refractivity contribution in [3.63, 3.8) is 0 Å². The summed E-state index contributed by atoms with van der Waals surface area (Å²) >= 11 is 36.2. The Morgan fingerprint density at radius 3 is 1.11 bits per heavy atom. The molecule has 24 aromatic rings. The Hall–Kier alpha value is -13.2. The second kappa shape index (κ2) is 32.6. The lowest BCUT2D eigenvalue weighted by Crippen LogP contribution is -1.92. The number of benzene rings is 15. The van der Waals surface area contributed by atoms with Gasteiger partial charge in [0.25, 0.3) is 0 Å². The standard InChI is InChI=1S/C24H13ClN2O.C22H13ClN2S.C20H11ClN2S.C18H10ClFN2.C16H9ClN2S/c25-24-26-22(18-11-9-14-5-1-2-6-16(14)23(18)27-24)15-10-12-21-19(13-15)17-7-3-4-8-20(17)28-21;23-22-24-19(21-20(25-22)17-11-4-5-12-18(17)26-21)16-10-6-9-15(13-16)14-7-2-1-3-8-14;21-20-22-17(14-10-5-7-12-6-1-2-8-13(12)14)19-18(23-20)15-9-3-4-11-16(15)24-19;19-18-21-16(12-5-8-13(20)9-6-12)15-10-7-11-3-1-2-4-14(11)17(15)22-18;17-16-18-13(10-6-2-1-3-7-10)15-14(19-16)11-8-4-5-9-12(11)20-15/h1-13H;1-13H;1-11H;1-10H;1-9H. The van der Waals surface area contributed by atoms with Gasteiger partial charge >= 0.3 is 0 Å². The predicted octanol–water partition coefficient (Wildman–Crippen LogP) is 30.6. The lowest BCUT2D eigenvalue weighted by Gasteiger charge is -2.09. The van der Waals surface area contributed by atoms with Crippen molar-refractivity contribution < 1.29 is 8.81 Å². The number of furan rings is 1. The van der Waals surface area contributed by atoms with Gasteiger partial charge in [0.1, 0.15) is 17.0 Å². The average molecular weight is 1710 g/mol. The Bertz CT molecular complexity index is 8110. The lowest BCUT2D eigenvalue weighted by atomic mass is 10.0. The molecule has 0 aliphatic rings. The summed E-state index contributed by atoms with van der Waals surface area (Å²) in [6.45, 7) is 0. The third-order valence-electron chi connectivity index (χ3n) is 20.8. The summed E-state index contributed by atoms with van der Waals surface area (Å²) in [4.78, 5) is 44.8. The van der Waals surface area contributed by atoms with Gasteiger partial charge in [-0.1, -0.05) is 255 Å². The first-order valence-corrected chi connectivity index (χ1v) is 42.4. The van der Waals surface area contributed by atoms with Crippen LogP contribution in [0.15, 0.2) is 344 Å². The summed E-state index contributed by atoms with van der Waals surface area (Å²) in [7, 11) is 0. The summed E-state index contributed by atoms with van der Waals surface area (Å²) in [6, 6.07) is 113. The van der Waals surface area contributed by atoms with Crippen LogP contribution in [0.4, 0.5) is 4.39 Å². The predicted molar refractivity (Wildman–Crippen MR) is 501 cm³/mol. The Kier molecular flexibility index (Phi) is 20.5. The van der Waals surface area contributed by atoms with Crippen LogP contribution in [-0.2, 0) is 0 Å². The second-order valence-corrected chi connectivity index (χ2v) is 32.9. The zero-order valence-electron chi connectivity index (χ0n) is 62.7. The molecule has 0 radical (unpaired) electrons. The minimum atomic E-state index is -0.279. The van der Waals surface area contributed by atoms with E-state index in [2.05, 4.69) is 195 Å². The number of hydrogen-bond acceptors (Lipinski definition) is 14.